The van der Waals surface area contributed by atoms with Gasteiger partial charge < -0.3 is 0 Å². The van der Waals surface area contributed by atoms with Crippen LogP contribution in [0.4, 0.5) is 0 Å². The molecule has 0 spiro atoms. The monoisotopic (exact) mass is 666 g/mol. The van der Waals surface area contributed by atoms with Crippen LogP contribution in [0.5, 0.6) is 0 Å². The molecule has 0 saturated carbocycles. The van der Waals surface area contributed by atoms with E-state index in [2.05, 4.69) is 184 Å². The molecule has 0 aliphatic heterocycles. The van der Waals surface area contributed by atoms with Crippen molar-refractivity contribution in [2.75, 3.05) is 0 Å². The summed E-state index contributed by atoms with van der Waals surface area (Å²) in [5.41, 5.74) is 12.7. The second-order valence-corrected chi connectivity index (χ2v) is 14.8. The molecule has 1 aromatic heterocycles. The van der Waals surface area contributed by atoms with Gasteiger partial charge in [0.05, 0.1) is 0 Å². The normalized spacial score (nSPS) is 11.7. The van der Waals surface area contributed by atoms with Crippen LogP contribution in [-0.2, 0) is 0 Å². The van der Waals surface area contributed by atoms with Gasteiger partial charge in [-0.05, 0) is 120 Å². The van der Waals surface area contributed by atoms with E-state index in [0.29, 0.717) is 0 Å². The van der Waals surface area contributed by atoms with Gasteiger partial charge >= 0.3 is 0 Å². The molecular formula is C50H34S. The Balaban J connectivity index is 1.14. The molecule has 1 heterocycles. The van der Waals surface area contributed by atoms with Crippen LogP contribution in [0.2, 0.25) is 0 Å². The van der Waals surface area contributed by atoms with Gasteiger partial charge in [-0.2, -0.15) is 0 Å². The molecule has 0 nitrogen and oxygen atoms in total. The first-order valence-corrected chi connectivity index (χ1v) is 18.5. The van der Waals surface area contributed by atoms with E-state index in [1.165, 1.54) is 108 Å². The first-order valence-electron chi connectivity index (χ1n) is 17.7. The predicted octanol–water partition coefficient (Wildman–Crippen LogP) is 14.8. The summed E-state index contributed by atoms with van der Waals surface area (Å²) in [7, 11) is 0. The SMILES string of the molecule is Cc1cc(-c2c3ccccc3c(-c3ccc(-c4ccccc4)cc3)c3ccccc23)ccc1-c1cc2c(cc1C)sc1ccc3ccccc3c12. The fraction of sp³-hybridized carbons (Fsp3) is 0.0400. The van der Waals surface area contributed by atoms with Crippen molar-refractivity contribution < 1.29 is 0 Å². The van der Waals surface area contributed by atoms with Gasteiger partial charge in [0.1, 0.15) is 0 Å². The van der Waals surface area contributed by atoms with Crippen LogP contribution in [0.25, 0.3) is 97.0 Å². The third-order valence-corrected chi connectivity index (χ3v) is 11.8. The fourth-order valence-corrected chi connectivity index (χ4v) is 9.52. The maximum atomic E-state index is 2.45. The third kappa shape index (κ3) is 4.81. The van der Waals surface area contributed by atoms with Gasteiger partial charge in [-0.25, -0.2) is 0 Å². The van der Waals surface area contributed by atoms with Crippen molar-refractivity contribution in [3.63, 3.8) is 0 Å². The van der Waals surface area contributed by atoms with Gasteiger partial charge in [-0.3, -0.25) is 0 Å². The van der Waals surface area contributed by atoms with Gasteiger partial charge in [-0.1, -0.05) is 152 Å². The molecule has 10 aromatic rings. The molecule has 0 radical (unpaired) electrons. The number of thiophene rings is 1. The van der Waals surface area contributed by atoms with Crippen LogP contribution in [0.1, 0.15) is 11.1 Å². The van der Waals surface area contributed by atoms with E-state index in [1.807, 2.05) is 11.3 Å². The lowest BCUT2D eigenvalue weighted by Crippen LogP contribution is -1.93. The summed E-state index contributed by atoms with van der Waals surface area (Å²) in [6.07, 6.45) is 0. The van der Waals surface area contributed by atoms with Crippen molar-refractivity contribution in [1.29, 1.82) is 0 Å². The lowest BCUT2D eigenvalue weighted by molar-refractivity contribution is 1.43. The summed E-state index contributed by atoms with van der Waals surface area (Å²) < 4.78 is 2.70. The second kappa shape index (κ2) is 11.8. The van der Waals surface area contributed by atoms with Gasteiger partial charge in [0.25, 0.3) is 0 Å². The van der Waals surface area contributed by atoms with E-state index in [0.717, 1.165) is 0 Å². The van der Waals surface area contributed by atoms with E-state index in [1.54, 1.807) is 0 Å². The topological polar surface area (TPSA) is 0 Å². The highest BCUT2D eigenvalue weighted by atomic mass is 32.1. The number of hydrogen-bond donors (Lipinski definition) is 0. The second-order valence-electron chi connectivity index (χ2n) is 13.7. The fourth-order valence-electron chi connectivity index (χ4n) is 8.32. The molecule has 0 aliphatic carbocycles. The summed E-state index contributed by atoms with van der Waals surface area (Å²) in [6, 6.07) is 62.8. The first kappa shape index (κ1) is 29.9. The van der Waals surface area contributed by atoms with Crippen molar-refractivity contribution in [3.05, 3.63) is 181 Å². The third-order valence-electron chi connectivity index (χ3n) is 10.7. The minimum Gasteiger partial charge on any atom is -0.135 e. The van der Waals surface area contributed by atoms with E-state index in [-0.39, 0.29) is 0 Å². The van der Waals surface area contributed by atoms with Crippen LogP contribution in [0, 0.1) is 13.8 Å². The molecule has 0 amide bonds. The molecule has 0 saturated heterocycles. The molecule has 0 aliphatic rings. The van der Waals surface area contributed by atoms with Gasteiger partial charge in [-0.15, -0.1) is 11.3 Å². The van der Waals surface area contributed by atoms with Gasteiger partial charge in [0.2, 0.25) is 0 Å². The van der Waals surface area contributed by atoms with Crippen molar-refractivity contribution in [2.24, 2.45) is 0 Å². The Morgan fingerprint density at radius 3 is 1.53 bits per heavy atom. The number of hydrogen-bond acceptors (Lipinski definition) is 1. The molecule has 51 heavy (non-hydrogen) atoms. The van der Waals surface area contributed by atoms with E-state index in [4.69, 9.17) is 0 Å². The number of aryl methyl sites for hydroxylation is 2. The molecule has 0 N–H and O–H groups in total. The molecule has 10 rings (SSSR count). The smallest absolute Gasteiger partial charge is 0.0361 e. The van der Waals surface area contributed by atoms with Crippen molar-refractivity contribution in [3.8, 4) is 44.5 Å². The zero-order chi connectivity index (χ0) is 34.1. The van der Waals surface area contributed by atoms with Gasteiger partial charge in [0.15, 0.2) is 0 Å². The Labute approximate surface area is 301 Å². The zero-order valence-corrected chi connectivity index (χ0v) is 29.4. The van der Waals surface area contributed by atoms with Crippen molar-refractivity contribution in [1.82, 2.24) is 0 Å². The molecule has 0 bridgehead atoms. The Hall–Kier alpha value is -6.02. The van der Waals surface area contributed by atoms with E-state index in [9.17, 15) is 0 Å². The molecule has 0 atom stereocenters. The van der Waals surface area contributed by atoms with Crippen LogP contribution >= 0.6 is 11.3 Å². The summed E-state index contributed by atoms with van der Waals surface area (Å²) >= 11 is 1.90. The highest BCUT2D eigenvalue weighted by Crippen LogP contribution is 2.46. The van der Waals surface area contributed by atoms with Crippen molar-refractivity contribution >= 4 is 63.8 Å². The minimum atomic E-state index is 1.23. The summed E-state index contributed by atoms with van der Waals surface area (Å²) in [5.74, 6) is 0. The molecule has 0 fully saturated rings. The van der Waals surface area contributed by atoms with Crippen LogP contribution < -0.4 is 0 Å². The highest BCUT2D eigenvalue weighted by molar-refractivity contribution is 7.26. The standard InChI is InChI=1S/C50H34S/c1-31-28-37(24-26-38(31)44-30-45-47(29-32(44)2)51-46-27-25-35-14-6-7-15-39(35)50(45)46)49-42-18-10-8-16-40(42)48(41-17-9-11-19-43(41)49)36-22-20-34(21-23-36)33-12-4-3-5-13-33/h3-30H,1-2H3. The summed E-state index contributed by atoms with van der Waals surface area (Å²) in [4.78, 5) is 0. The van der Waals surface area contributed by atoms with Crippen LogP contribution in [0.15, 0.2) is 170 Å². The van der Waals surface area contributed by atoms with Crippen LogP contribution in [-0.4, -0.2) is 0 Å². The maximum absolute atomic E-state index is 2.45. The average Bonchev–Trinajstić information content (AvgIpc) is 3.55. The Bertz CT molecular complexity index is 2910. The van der Waals surface area contributed by atoms with E-state index >= 15 is 0 Å². The quantitative estimate of drug-likeness (QED) is 0.164. The number of benzene rings is 9. The molecule has 9 aromatic carbocycles. The Kier molecular flexibility index (Phi) is 6.91. The minimum absolute atomic E-state index is 1.23. The predicted molar refractivity (Wildman–Crippen MR) is 223 cm³/mol. The summed E-state index contributed by atoms with van der Waals surface area (Å²) in [5, 5.41) is 10.5. The van der Waals surface area contributed by atoms with Crippen molar-refractivity contribution in [2.45, 2.75) is 13.8 Å². The molecule has 1 heteroatoms. The maximum Gasteiger partial charge on any atom is 0.0361 e. The Morgan fingerprint density at radius 1 is 0.333 bits per heavy atom. The Morgan fingerprint density at radius 2 is 0.863 bits per heavy atom. The van der Waals surface area contributed by atoms with Gasteiger partial charge in [0, 0.05) is 20.2 Å². The number of fused-ring (bicyclic) bond motifs is 7. The summed E-state index contributed by atoms with van der Waals surface area (Å²) in [6.45, 7) is 4.54. The largest absolute Gasteiger partial charge is 0.135 e. The zero-order valence-electron chi connectivity index (χ0n) is 28.6. The molecule has 0 unspecified atom stereocenters. The average molecular weight is 667 g/mol. The first-order chi connectivity index (χ1) is 25.1. The number of rotatable bonds is 4. The lowest BCUT2D eigenvalue weighted by atomic mass is 9.84. The molecule has 240 valence electrons. The van der Waals surface area contributed by atoms with E-state index < -0.39 is 0 Å². The molecular weight excluding hydrogens is 633 g/mol. The van der Waals surface area contributed by atoms with Crippen LogP contribution in [0.3, 0.4) is 0 Å². The lowest BCUT2D eigenvalue weighted by Gasteiger charge is -2.19. The highest BCUT2D eigenvalue weighted by Gasteiger charge is 2.18.